The lowest BCUT2D eigenvalue weighted by atomic mass is 10.1. The zero-order valence-electron chi connectivity index (χ0n) is 18.4. The molecule has 2 aromatic rings. The van der Waals surface area contributed by atoms with Crippen LogP contribution in [-0.4, -0.2) is 50.0 Å². The van der Waals surface area contributed by atoms with Crippen LogP contribution in [0.2, 0.25) is 0 Å². The van der Waals surface area contributed by atoms with Gasteiger partial charge >= 0.3 is 6.18 Å². The van der Waals surface area contributed by atoms with Crippen molar-refractivity contribution in [3.05, 3.63) is 41.0 Å². The van der Waals surface area contributed by atoms with Gasteiger partial charge in [0.1, 0.15) is 23.9 Å². The molecule has 178 valence electrons. The topological polar surface area (TPSA) is 108 Å². The zero-order valence-corrected chi connectivity index (χ0v) is 18.4. The van der Waals surface area contributed by atoms with Crippen LogP contribution in [0.15, 0.2) is 29.3 Å². The van der Waals surface area contributed by atoms with Gasteiger partial charge in [0.2, 0.25) is 0 Å². The summed E-state index contributed by atoms with van der Waals surface area (Å²) in [5, 5.41) is 0. The van der Waals surface area contributed by atoms with Gasteiger partial charge in [-0.1, -0.05) is 0 Å². The standard InChI is InChI=1S/C22H26F3N5O3/c1-12-28-19(27)17-10-18(33-16-4-6-32-11-16)21(31-2)29-20(17)30(12)5-3-13-7-14(22(23,24)25)9-15(26)8-13/h7-10,12,16H,3-6,11,26H2,1-2H3,(H2,27,28)/t12-,16-/m0/s1. The lowest BCUT2D eigenvalue weighted by molar-refractivity contribution is -0.137. The van der Waals surface area contributed by atoms with Crippen LogP contribution in [0.4, 0.5) is 24.7 Å². The van der Waals surface area contributed by atoms with Crippen molar-refractivity contribution in [2.24, 2.45) is 10.7 Å². The van der Waals surface area contributed by atoms with Crippen molar-refractivity contribution in [3.8, 4) is 11.6 Å². The maximum absolute atomic E-state index is 13.2. The molecule has 2 atom stereocenters. The third-order valence-corrected chi connectivity index (χ3v) is 5.62. The Kier molecular flexibility index (Phi) is 6.24. The van der Waals surface area contributed by atoms with Crippen molar-refractivity contribution >= 4 is 17.3 Å². The quantitative estimate of drug-likeness (QED) is 0.632. The van der Waals surface area contributed by atoms with Gasteiger partial charge in [-0.15, -0.1) is 0 Å². The normalized spacial score (nSPS) is 20.4. The van der Waals surface area contributed by atoms with Gasteiger partial charge in [0.05, 0.1) is 31.5 Å². The number of amidine groups is 1. The van der Waals surface area contributed by atoms with Gasteiger partial charge in [0.25, 0.3) is 5.88 Å². The molecule has 0 aliphatic carbocycles. The predicted octanol–water partition coefficient (Wildman–Crippen LogP) is 2.97. The molecule has 1 saturated heterocycles. The van der Waals surface area contributed by atoms with Crippen molar-refractivity contribution in [2.45, 2.75) is 38.2 Å². The number of hydrogen-bond acceptors (Lipinski definition) is 8. The molecule has 3 heterocycles. The number of nitrogens with zero attached hydrogens (tertiary/aromatic N) is 3. The number of pyridine rings is 1. The van der Waals surface area contributed by atoms with E-state index in [1.807, 2.05) is 11.8 Å². The van der Waals surface area contributed by atoms with Gasteiger partial charge in [0, 0.05) is 24.7 Å². The number of hydrogen-bond donors (Lipinski definition) is 2. The lowest BCUT2D eigenvalue weighted by Gasteiger charge is -2.34. The van der Waals surface area contributed by atoms with E-state index < -0.39 is 11.7 Å². The molecule has 4 rings (SSSR count). The number of methoxy groups -OCH3 is 1. The Hall–Kier alpha value is -3.21. The van der Waals surface area contributed by atoms with Gasteiger partial charge in [-0.2, -0.15) is 18.2 Å². The molecule has 0 saturated carbocycles. The summed E-state index contributed by atoms with van der Waals surface area (Å²) in [5.41, 5.74) is 12.2. The minimum absolute atomic E-state index is 0.0617. The van der Waals surface area contributed by atoms with Crippen LogP contribution in [0.5, 0.6) is 11.6 Å². The van der Waals surface area contributed by atoms with E-state index in [0.717, 1.165) is 18.6 Å². The number of halogens is 3. The van der Waals surface area contributed by atoms with Crippen LogP contribution in [0.3, 0.4) is 0 Å². The van der Waals surface area contributed by atoms with E-state index in [-0.39, 0.29) is 23.8 Å². The van der Waals surface area contributed by atoms with Gasteiger partial charge < -0.3 is 30.6 Å². The van der Waals surface area contributed by atoms with Crippen LogP contribution >= 0.6 is 0 Å². The number of benzene rings is 1. The summed E-state index contributed by atoms with van der Waals surface area (Å²) < 4.78 is 56.3. The monoisotopic (exact) mass is 465 g/mol. The smallest absolute Gasteiger partial charge is 0.416 e. The molecule has 1 aromatic heterocycles. The Morgan fingerprint density at radius 2 is 2.00 bits per heavy atom. The first-order valence-electron chi connectivity index (χ1n) is 10.6. The number of nitrogens with two attached hydrogens (primary N) is 2. The lowest BCUT2D eigenvalue weighted by Crippen LogP contribution is -2.41. The molecule has 2 aliphatic heterocycles. The van der Waals surface area contributed by atoms with E-state index in [0.29, 0.717) is 54.7 Å². The molecular weight excluding hydrogens is 439 g/mol. The van der Waals surface area contributed by atoms with E-state index in [1.54, 1.807) is 6.07 Å². The molecule has 0 spiro atoms. The highest BCUT2D eigenvalue weighted by molar-refractivity contribution is 6.03. The Morgan fingerprint density at radius 3 is 2.67 bits per heavy atom. The van der Waals surface area contributed by atoms with E-state index in [2.05, 4.69) is 9.98 Å². The van der Waals surface area contributed by atoms with Crippen molar-refractivity contribution in [3.63, 3.8) is 0 Å². The number of anilines is 2. The van der Waals surface area contributed by atoms with Crippen molar-refractivity contribution in [1.82, 2.24) is 4.98 Å². The fourth-order valence-electron chi connectivity index (χ4n) is 3.98. The van der Waals surface area contributed by atoms with Gasteiger partial charge in [-0.25, -0.2) is 4.99 Å². The van der Waals surface area contributed by atoms with Crippen LogP contribution < -0.4 is 25.8 Å². The number of fused-ring (bicyclic) bond motifs is 1. The maximum atomic E-state index is 13.2. The molecule has 2 aliphatic rings. The summed E-state index contributed by atoms with van der Waals surface area (Å²) in [6.45, 7) is 3.29. The molecule has 4 N–H and O–H groups in total. The summed E-state index contributed by atoms with van der Waals surface area (Å²) in [4.78, 5) is 11.0. The van der Waals surface area contributed by atoms with E-state index in [9.17, 15) is 13.2 Å². The molecule has 8 nitrogen and oxygen atoms in total. The Bertz CT molecular complexity index is 1050. The minimum atomic E-state index is -4.47. The maximum Gasteiger partial charge on any atom is 0.416 e. The largest absolute Gasteiger partial charge is 0.482 e. The third-order valence-electron chi connectivity index (χ3n) is 5.62. The van der Waals surface area contributed by atoms with Crippen molar-refractivity contribution < 1.29 is 27.4 Å². The predicted molar refractivity (Wildman–Crippen MR) is 118 cm³/mol. The van der Waals surface area contributed by atoms with Crippen LogP contribution in [-0.2, 0) is 17.3 Å². The zero-order chi connectivity index (χ0) is 23.8. The van der Waals surface area contributed by atoms with Gasteiger partial charge in [-0.05, 0) is 37.1 Å². The summed E-state index contributed by atoms with van der Waals surface area (Å²) in [5.74, 6) is 1.56. The molecule has 1 fully saturated rings. The van der Waals surface area contributed by atoms with Crippen LogP contribution in [0, 0.1) is 0 Å². The second kappa shape index (κ2) is 8.97. The number of aromatic nitrogens is 1. The first-order chi connectivity index (χ1) is 15.7. The number of ether oxygens (including phenoxy) is 3. The van der Waals surface area contributed by atoms with Gasteiger partial charge in [-0.3, -0.25) is 0 Å². The highest BCUT2D eigenvalue weighted by Gasteiger charge is 2.32. The molecule has 0 amide bonds. The summed E-state index contributed by atoms with van der Waals surface area (Å²) in [6, 6.07) is 5.31. The second-order valence-corrected chi connectivity index (χ2v) is 8.02. The van der Waals surface area contributed by atoms with E-state index in [4.69, 9.17) is 25.7 Å². The number of rotatable bonds is 6. The van der Waals surface area contributed by atoms with Gasteiger partial charge in [0.15, 0.2) is 5.75 Å². The van der Waals surface area contributed by atoms with Crippen LogP contribution in [0.25, 0.3) is 0 Å². The highest BCUT2D eigenvalue weighted by Crippen LogP contribution is 2.36. The molecule has 0 bridgehead atoms. The third kappa shape index (κ3) is 4.92. The first kappa shape index (κ1) is 23.0. The molecule has 0 unspecified atom stereocenters. The highest BCUT2D eigenvalue weighted by atomic mass is 19.4. The molecule has 33 heavy (non-hydrogen) atoms. The average molecular weight is 465 g/mol. The second-order valence-electron chi connectivity index (χ2n) is 8.02. The SMILES string of the molecule is COc1nc2c(cc1O[C@H]1CCOC1)C(N)=N[C@H](C)N2CCc1cc(N)cc(C(F)(F)F)c1. The molecule has 11 heteroatoms. The fraction of sp³-hybridized carbons (Fsp3) is 0.455. The average Bonchev–Trinajstić information content (AvgIpc) is 3.25. The van der Waals surface area contributed by atoms with Crippen molar-refractivity contribution in [1.29, 1.82) is 0 Å². The molecule has 1 aromatic carbocycles. The fourth-order valence-corrected chi connectivity index (χ4v) is 3.98. The summed E-state index contributed by atoms with van der Waals surface area (Å²) >= 11 is 0. The Morgan fingerprint density at radius 1 is 1.21 bits per heavy atom. The number of nitrogen functional groups attached to an aromatic ring is 1. The van der Waals surface area contributed by atoms with E-state index >= 15 is 0 Å². The molecule has 0 radical (unpaired) electrons. The first-order valence-corrected chi connectivity index (χ1v) is 10.6. The minimum Gasteiger partial charge on any atom is -0.482 e. The van der Waals surface area contributed by atoms with Crippen molar-refractivity contribution in [2.75, 3.05) is 37.5 Å². The van der Waals surface area contributed by atoms with Crippen LogP contribution in [0.1, 0.15) is 30.0 Å². The number of alkyl halides is 3. The van der Waals surface area contributed by atoms with E-state index in [1.165, 1.54) is 13.2 Å². The Labute approximate surface area is 189 Å². The molecular formula is C22H26F3N5O3. The summed E-state index contributed by atoms with van der Waals surface area (Å²) in [6.07, 6.45) is -3.89. The number of aliphatic imine (C=N–C) groups is 1. The summed E-state index contributed by atoms with van der Waals surface area (Å²) in [7, 11) is 1.49. The Balaban J connectivity index is 1.61.